The molecular weight excluding hydrogens is 721 g/mol. The summed E-state index contributed by atoms with van der Waals surface area (Å²) in [6, 6.07) is 71.6. The lowest BCUT2D eigenvalue weighted by atomic mass is 10.0. The minimum atomic E-state index is 0.646. The van der Waals surface area contributed by atoms with Crippen LogP contribution in [0.3, 0.4) is 0 Å². The van der Waals surface area contributed by atoms with E-state index in [0.717, 1.165) is 45.1 Å². The van der Waals surface area contributed by atoms with Crippen molar-refractivity contribution in [3.8, 4) is 45.0 Å². The van der Waals surface area contributed by atoms with Gasteiger partial charge in [0.15, 0.2) is 5.82 Å². The van der Waals surface area contributed by atoms with E-state index in [2.05, 4.69) is 229 Å². The second-order valence-corrected chi connectivity index (χ2v) is 14.7. The topological polar surface area (TPSA) is 51.8 Å². The molecule has 0 atom stereocenters. The highest BCUT2D eigenvalue weighted by Crippen LogP contribution is 2.40. The molecule has 0 aliphatic carbocycles. The Morgan fingerprint density at radius 2 is 0.881 bits per heavy atom. The van der Waals surface area contributed by atoms with Gasteiger partial charge in [0.1, 0.15) is 12.7 Å². The minimum absolute atomic E-state index is 0.646. The second-order valence-electron chi connectivity index (χ2n) is 14.7. The van der Waals surface area contributed by atoms with Crippen molar-refractivity contribution >= 4 is 49.8 Å². The van der Waals surface area contributed by atoms with Crippen LogP contribution in [0, 0.1) is 0 Å². The highest BCUT2D eigenvalue weighted by molar-refractivity contribution is 6.14. The monoisotopic (exact) mass is 756 g/mol. The number of para-hydroxylation sites is 2. The van der Waals surface area contributed by atoms with Gasteiger partial charge in [0.2, 0.25) is 0 Å². The van der Waals surface area contributed by atoms with Gasteiger partial charge in [-0.3, -0.25) is 0 Å². The smallest absolute Gasteiger partial charge is 0.162 e. The third kappa shape index (κ3) is 6.20. The summed E-state index contributed by atoms with van der Waals surface area (Å²) in [5.41, 5.74) is 14.6. The van der Waals surface area contributed by atoms with Crippen molar-refractivity contribution < 1.29 is 0 Å². The van der Waals surface area contributed by atoms with Crippen LogP contribution in [0.25, 0.3) is 77.7 Å². The molecule has 59 heavy (non-hydrogen) atoms. The number of nitrogens with zero attached hydrogens (tertiary/aromatic N) is 6. The van der Waals surface area contributed by atoms with E-state index in [9.17, 15) is 0 Å². The lowest BCUT2D eigenvalue weighted by molar-refractivity contribution is 1.06. The van der Waals surface area contributed by atoms with E-state index in [1.165, 1.54) is 56.5 Å². The molecule has 0 N–H and O–H groups in total. The third-order valence-corrected chi connectivity index (χ3v) is 11.2. The van der Waals surface area contributed by atoms with E-state index in [1.807, 2.05) is 6.07 Å². The van der Waals surface area contributed by atoms with Gasteiger partial charge in [0.05, 0.1) is 16.6 Å². The normalized spacial score (nSPS) is 11.4. The first-order valence-corrected chi connectivity index (χ1v) is 19.7. The van der Waals surface area contributed by atoms with Crippen molar-refractivity contribution in [3.63, 3.8) is 0 Å². The van der Waals surface area contributed by atoms with Crippen LogP contribution in [0.1, 0.15) is 0 Å². The van der Waals surface area contributed by atoms with Gasteiger partial charge < -0.3 is 14.0 Å². The van der Waals surface area contributed by atoms with Gasteiger partial charge in [-0.05, 0) is 125 Å². The number of aromatic nitrogens is 5. The van der Waals surface area contributed by atoms with Crippen LogP contribution in [0.5, 0.6) is 0 Å². The summed E-state index contributed by atoms with van der Waals surface area (Å²) < 4.78 is 4.67. The summed E-state index contributed by atoms with van der Waals surface area (Å²) >= 11 is 0. The van der Waals surface area contributed by atoms with Crippen molar-refractivity contribution in [1.29, 1.82) is 0 Å². The van der Waals surface area contributed by atoms with E-state index in [0.29, 0.717) is 5.82 Å². The molecule has 0 fully saturated rings. The van der Waals surface area contributed by atoms with E-state index in [1.54, 1.807) is 0 Å². The molecule has 6 heteroatoms. The quantitative estimate of drug-likeness (QED) is 0.155. The van der Waals surface area contributed by atoms with Gasteiger partial charge >= 0.3 is 0 Å². The Kier molecular flexibility index (Phi) is 8.37. The lowest BCUT2D eigenvalue weighted by Crippen LogP contribution is -2.09. The minimum Gasteiger partial charge on any atom is -0.317 e. The van der Waals surface area contributed by atoms with E-state index in [4.69, 9.17) is 0 Å². The summed E-state index contributed by atoms with van der Waals surface area (Å²) in [6.07, 6.45) is 5.23. The second kappa shape index (κ2) is 14.4. The molecule has 6 nitrogen and oxygen atoms in total. The summed E-state index contributed by atoms with van der Waals surface area (Å²) in [6.45, 7) is 0. The Labute approximate surface area is 341 Å². The Bertz CT molecular complexity index is 3130. The summed E-state index contributed by atoms with van der Waals surface area (Å²) in [4.78, 5) is 15.0. The highest BCUT2D eigenvalue weighted by atomic mass is 15.1. The SMILES string of the molecule is c1ccc(-c2ccc(N(c3ccc(-c4ccc5c(c4)c4cc6c(ccn6-c6ccccc6)cc4n5-c4ccccc4)cc3)c3ccc(-c4ncncn4)cc3)cc2)cc1. The fourth-order valence-electron chi connectivity index (χ4n) is 8.33. The van der Waals surface area contributed by atoms with Crippen LogP contribution in [-0.4, -0.2) is 24.1 Å². The maximum Gasteiger partial charge on any atom is 0.162 e. The molecule has 0 amide bonds. The number of hydrogen-bond acceptors (Lipinski definition) is 4. The molecule has 0 radical (unpaired) electrons. The number of benzene rings is 8. The van der Waals surface area contributed by atoms with Crippen LogP contribution >= 0.6 is 0 Å². The third-order valence-electron chi connectivity index (χ3n) is 11.2. The Hall–Kier alpha value is -8.09. The van der Waals surface area contributed by atoms with Crippen LogP contribution < -0.4 is 4.90 Å². The van der Waals surface area contributed by atoms with Gasteiger partial charge in [-0.1, -0.05) is 97.1 Å². The fraction of sp³-hybridized carbons (Fsp3) is 0. The molecule has 0 saturated carbocycles. The first kappa shape index (κ1) is 34.2. The molecule has 0 bridgehead atoms. The molecule has 11 aromatic rings. The zero-order valence-corrected chi connectivity index (χ0v) is 32.0. The largest absolute Gasteiger partial charge is 0.317 e. The molecule has 3 aromatic heterocycles. The molecule has 0 aliphatic heterocycles. The van der Waals surface area contributed by atoms with Crippen LogP contribution in [-0.2, 0) is 0 Å². The Morgan fingerprint density at radius 3 is 1.51 bits per heavy atom. The average Bonchev–Trinajstić information content (AvgIpc) is 3.88. The predicted octanol–water partition coefficient (Wildman–Crippen LogP) is 13.4. The fourth-order valence-corrected chi connectivity index (χ4v) is 8.33. The maximum atomic E-state index is 4.36. The predicted molar refractivity (Wildman–Crippen MR) is 242 cm³/mol. The number of fused-ring (bicyclic) bond motifs is 4. The first-order chi connectivity index (χ1) is 29.2. The summed E-state index contributed by atoms with van der Waals surface area (Å²) in [5.74, 6) is 0.646. The van der Waals surface area contributed by atoms with Crippen molar-refractivity contribution in [2.24, 2.45) is 0 Å². The van der Waals surface area contributed by atoms with Gasteiger partial charge in [0.25, 0.3) is 0 Å². The van der Waals surface area contributed by atoms with Crippen molar-refractivity contribution in [1.82, 2.24) is 24.1 Å². The molecule has 8 aromatic carbocycles. The van der Waals surface area contributed by atoms with E-state index >= 15 is 0 Å². The summed E-state index contributed by atoms with van der Waals surface area (Å²) in [7, 11) is 0. The average molecular weight is 757 g/mol. The number of rotatable bonds is 8. The van der Waals surface area contributed by atoms with Crippen LogP contribution in [0.4, 0.5) is 17.1 Å². The van der Waals surface area contributed by atoms with Gasteiger partial charge in [0, 0.05) is 56.4 Å². The standard InChI is InChI=1S/C53H36N6/c1-4-10-37(11-5-1)38-16-23-45(24-17-38)58(47-27-20-40(21-28-47)53-55-35-54-36-56-53)46-25-18-39(19-26-46)41-22-29-50-48(32-41)49-34-51-42(30-31-57(51)43-12-6-2-7-13-43)33-52(49)59(50)44-14-8-3-9-15-44/h1-36H. The van der Waals surface area contributed by atoms with Crippen molar-refractivity contribution in [2.75, 3.05) is 4.90 Å². The van der Waals surface area contributed by atoms with Crippen molar-refractivity contribution in [3.05, 3.63) is 219 Å². The van der Waals surface area contributed by atoms with Crippen molar-refractivity contribution in [2.45, 2.75) is 0 Å². The number of anilines is 3. The van der Waals surface area contributed by atoms with Crippen LogP contribution in [0.15, 0.2) is 219 Å². The van der Waals surface area contributed by atoms with Gasteiger partial charge in [-0.25, -0.2) is 15.0 Å². The molecule has 0 aliphatic rings. The Balaban J connectivity index is 1.01. The van der Waals surface area contributed by atoms with E-state index in [-0.39, 0.29) is 0 Å². The molecule has 11 rings (SSSR count). The van der Waals surface area contributed by atoms with E-state index < -0.39 is 0 Å². The maximum absolute atomic E-state index is 4.36. The molecular formula is C53H36N6. The zero-order valence-electron chi connectivity index (χ0n) is 32.0. The zero-order chi connectivity index (χ0) is 39.1. The molecule has 278 valence electrons. The molecule has 3 heterocycles. The number of hydrogen-bond donors (Lipinski definition) is 0. The summed E-state index contributed by atoms with van der Waals surface area (Å²) in [5, 5.41) is 3.64. The molecule has 0 saturated heterocycles. The van der Waals surface area contributed by atoms with Gasteiger partial charge in [-0.15, -0.1) is 0 Å². The highest BCUT2D eigenvalue weighted by Gasteiger charge is 2.18. The molecule has 0 unspecified atom stereocenters. The van der Waals surface area contributed by atoms with Crippen LogP contribution in [0.2, 0.25) is 0 Å². The Morgan fingerprint density at radius 1 is 0.373 bits per heavy atom. The lowest BCUT2D eigenvalue weighted by Gasteiger charge is -2.26. The first-order valence-electron chi connectivity index (χ1n) is 19.7. The van der Waals surface area contributed by atoms with Gasteiger partial charge in [-0.2, -0.15) is 0 Å². The molecule has 0 spiro atoms.